The van der Waals surface area contributed by atoms with Crippen LogP contribution in [0.5, 0.6) is 0 Å². The van der Waals surface area contributed by atoms with Crippen LogP contribution < -0.4 is 10.6 Å². The van der Waals surface area contributed by atoms with Crippen LogP contribution in [0.3, 0.4) is 0 Å². The molecule has 14 heavy (non-hydrogen) atoms. The first kappa shape index (κ1) is 9.28. The highest BCUT2D eigenvalue weighted by Crippen LogP contribution is 2.41. The van der Waals surface area contributed by atoms with E-state index in [-0.39, 0.29) is 0 Å². The third-order valence-corrected chi connectivity index (χ3v) is 3.09. The quantitative estimate of drug-likeness (QED) is 0.732. The monoisotopic (exact) mass is 188 g/mol. The molecule has 2 N–H and O–H groups in total. The van der Waals surface area contributed by atoms with E-state index < -0.39 is 0 Å². The summed E-state index contributed by atoms with van der Waals surface area (Å²) in [4.78, 5) is 2.15. The lowest BCUT2D eigenvalue weighted by atomic mass is 10.0. The van der Waals surface area contributed by atoms with Gasteiger partial charge in [-0.25, -0.2) is 0 Å². The molecular formula is C12H16N2. The summed E-state index contributed by atoms with van der Waals surface area (Å²) < 4.78 is 0. The zero-order valence-corrected chi connectivity index (χ0v) is 8.75. The predicted molar refractivity (Wildman–Crippen MR) is 60.3 cm³/mol. The summed E-state index contributed by atoms with van der Waals surface area (Å²) in [6.07, 6.45) is 0. The third-order valence-electron chi connectivity index (χ3n) is 3.09. The Balaban J connectivity index is 2.53. The van der Waals surface area contributed by atoms with Crippen LogP contribution in [0.2, 0.25) is 0 Å². The molecule has 0 fully saturated rings. The van der Waals surface area contributed by atoms with Gasteiger partial charge >= 0.3 is 0 Å². The fourth-order valence-corrected chi connectivity index (χ4v) is 2.00. The number of nitrogens with zero attached hydrogens (tertiary/aromatic N) is 1. The molecule has 0 bridgehead atoms. The molecule has 1 atom stereocenters. The van der Waals surface area contributed by atoms with Crippen LogP contribution in [-0.4, -0.2) is 7.05 Å². The molecule has 0 amide bonds. The lowest BCUT2D eigenvalue weighted by molar-refractivity contribution is 0.914. The van der Waals surface area contributed by atoms with Gasteiger partial charge in [-0.3, -0.25) is 0 Å². The number of anilines is 1. The van der Waals surface area contributed by atoms with Gasteiger partial charge in [0.25, 0.3) is 0 Å². The molecule has 2 rings (SSSR count). The van der Waals surface area contributed by atoms with Crippen molar-refractivity contribution in [3.05, 3.63) is 41.6 Å². The van der Waals surface area contributed by atoms with Crippen LogP contribution in [0.15, 0.2) is 30.5 Å². The van der Waals surface area contributed by atoms with Crippen LogP contribution in [0.4, 0.5) is 5.69 Å². The Morgan fingerprint density at radius 2 is 2.21 bits per heavy atom. The Hall–Kier alpha value is -1.28. The average Bonchev–Trinajstić information content (AvgIpc) is 2.44. The highest BCUT2D eigenvalue weighted by molar-refractivity contribution is 5.67. The molecule has 1 aromatic carbocycles. The van der Waals surface area contributed by atoms with Gasteiger partial charge in [-0.05, 0) is 17.2 Å². The lowest BCUT2D eigenvalue weighted by Crippen LogP contribution is -2.11. The summed E-state index contributed by atoms with van der Waals surface area (Å²) in [5.41, 5.74) is 10.6. The van der Waals surface area contributed by atoms with Crippen molar-refractivity contribution in [2.45, 2.75) is 19.4 Å². The predicted octanol–water partition coefficient (Wildman–Crippen LogP) is 2.21. The summed E-state index contributed by atoms with van der Waals surface area (Å²) >= 11 is 0. The van der Waals surface area contributed by atoms with Gasteiger partial charge in [0.2, 0.25) is 0 Å². The van der Waals surface area contributed by atoms with Crippen molar-refractivity contribution in [3.63, 3.8) is 0 Å². The first-order chi connectivity index (χ1) is 6.65. The highest BCUT2D eigenvalue weighted by atomic mass is 15.1. The minimum Gasteiger partial charge on any atom is -0.348 e. The van der Waals surface area contributed by atoms with Crippen LogP contribution >= 0.6 is 0 Å². The number of allylic oxidation sites excluding steroid dienone is 1. The smallest absolute Gasteiger partial charge is 0.0448 e. The number of rotatable bonds is 1. The molecule has 74 valence electrons. The van der Waals surface area contributed by atoms with Crippen LogP contribution in [-0.2, 0) is 6.54 Å². The van der Waals surface area contributed by atoms with E-state index in [1.807, 2.05) is 0 Å². The Bertz CT molecular complexity index is 382. The van der Waals surface area contributed by atoms with Gasteiger partial charge in [0.05, 0.1) is 0 Å². The van der Waals surface area contributed by atoms with E-state index in [2.05, 4.69) is 43.6 Å². The number of nitrogens with two attached hydrogens (primary N) is 1. The van der Waals surface area contributed by atoms with Crippen molar-refractivity contribution in [3.8, 4) is 0 Å². The van der Waals surface area contributed by atoms with E-state index in [9.17, 15) is 0 Å². The van der Waals surface area contributed by atoms with Crippen molar-refractivity contribution < 1.29 is 0 Å². The van der Waals surface area contributed by atoms with E-state index >= 15 is 0 Å². The highest BCUT2D eigenvalue weighted by Gasteiger charge is 2.26. The van der Waals surface area contributed by atoms with Crippen LogP contribution in [0.25, 0.3) is 0 Å². The molecule has 0 radical (unpaired) electrons. The summed E-state index contributed by atoms with van der Waals surface area (Å²) in [6.45, 7) is 6.87. The van der Waals surface area contributed by atoms with Crippen LogP contribution in [0, 0.1) is 0 Å². The second-order valence-corrected chi connectivity index (χ2v) is 3.87. The third kappa shape index (κ3) is 1.15. The molecule has 1 aliphatic heterocycles. The maximum atomic E-state index is 5.62. The Morgan fingerprint density at radius 3 is 2.86 bits per heavy atom. The summed E-state index contributed by atoms with van der Waals surface area (Å²) in [7, 11) is 2.06. The van der Waals surface area contributed by atoms with Gasteiger partial charge in [-0.2, -0.15) is 0 Å². The zero-order valence-electron chi connectivity index (χ0n) is 8.75. The second kappa shape index (κ2) is 3.14. The molecule has 2 nitrogen and oxygen atoms in total. The lowest BCUT2D eigenvalue weighted by Gasteiger charge is -2.14. The summed E-state index contributed by atoms with van der Waals surface area (Å²) in [6, 6.07) is 6.42. The maximum Gasteiger partial charge on any atom is 0.0448 e. The minimum absolute atomic E-state index is 0.432. The molecule has 1 unspecified atom stereocenters. The van der Waals surface area contributed by atoms with Crippen molar-refractivity contribution >= 4 is 5.69 Å². The fraction of sp³-hybridized carbons (Fsp3) is 0.333. The Labute approximate surface area is 85.0 Å². The second-order valence-electron chi connectivity index (χ2n) is 3.87. The first-order valence-corrected chi connectivity index (χ1v) is 4.90. The molecule has 0 saturated heterocycles. The number of likely N-dealkylation sites (N-methyl/N-ethyl adjacent to an activating group) is 1. The van der Waals surface area contributed by atoms with E-state index in [0.29, 0.717) is 12.5 Å². The Kier molecular flexibility index (Phi) is 2.08. The Morgan fingerprint density at radius 1 is 1.50 bits per heavy atom. The normalized spacial score (nSPS) is 20.1. The van der Waals surface area contributed by atoms with Crippen molar-refractivity contribution in [2.75, 3.05) is 11.9 Å². The topological polar surface area (TPSA) is 29.3 Å². The van der Waals surface area contributed by atoms with Gasteiger partial charge < -0.3 is 10.6 Å². The maximum absolute atomic E-state index is 5.62. The molecule has 1 heterocycles. The number of fused-ring (bicyclic) bond motifs is 1. The molecule has 1 aromatic rings. The van der Waals surface area contributed by atoms with Crippen molar-refractivity contribution in [2.24, 2.45) is 5.73 Å². The zero-order chi connectivity index (χ0) is 10.3. The van der Waals surface area contributed by atoms with Gasteiger partial charge in [-0.15, -0.1) is 0 Å². The van der Waals surface area contributed by atoms with E-state index in [0.717, 1.165) is 5.70 Å². The summed E-state index contributed by atoms with van der Waals surface area (Å²) in [5.74, 6) is 0.432. The van der Waals surface area contributed by atoms with Crippen molar-refractivity contribution in [1.29, 1.82) is 0 Å². The average molecular weight is 188 g/mol. The van der Waals surface area contributed by atoms with E-state index in [1.54, 1.807) is 0 Å². The molecular weight excluding hydrogens is 172 g/mol. The minimum atomic E-state index is 0.432. The van der Waals surface area contributed by atoms with Gasteiger partial charge in [0, 0.05) is 30.9 Å². The van der Waals surface area contributed by atoms with Gasteiger partial charge in [0.15, 0.2) is 0 Å². The van der Waals surface area contributed by atoms with Crippen molar-refractivity contribution in [1.82, 2.24) is 0 Å². The standard InChI is InChI=1S/C12H16N2/c1-8-9(2)14(3)12-6-10(7-13)4-5-11(8)12/h4-6,8H,2,7,13H2,1,3H3. The molecule has 2 heteroatoms. The van der Waals surface area contributed by atoms with E-state index in [4.69, 9.17) is 5.73 Å². The molecule has 0 saturated carbocycles. The molecule has 1 aliphatic rings. The van der Waals surface area contributed by atoms with Crippen LogP contribution in [0.1, 0.15) is 24.0 Å². The summed E-state index contributed by atoms with van der Waals surface area (Å²) in [5, 5.41) is 0. The molecule has 0 aromatic heterocycles. The SMILES string of the molecule is C=C1C(C)c2ccc(CN)cc2N1C. The first-order valence-electron chi connectivity index (χ1n) is 4.90. The number of benzene rings is 1. The van der Waals surface area contributed by atoms with Gasteiger partial charge in [0.1, 0.15) is 0 Å². The molecule has 0 aliphatic carbocycles. The number of hydrogen-bond donors (Lipinski definition) is 1. The van der Waals surface area contributed by atoms with Gasteiger partial charge in [-0.1, -0.05) is 25.6 Å². The van der Waals surface area contributed by atoms with E-state index in [1.165, 1.54) is 16.8 Å². The largest absolute Gasteiger partial charge is 0.348 e. The number of hydrogen-bond acceptors (Lipinski definition) is 2. The molecule has 0 spiro atoms. The fourth-order valence-electron chi connectivity index (χ4n) is 2.00.